The Hall–Kier alpha value is -4.80. The molecule has 3 aromatic rings. The normalized spacial score (nSPS) is 19.3. The minimum absolute atomic E-state index is 0.0282. The number of hydrogen-bond donors (Lipinski definition) is 2. The number of fused-ring (bicyclic) bond motifs is 7. The Morgan fingerprint density at radius 1 is 0.957 bits per heavy atom. The van der Waals surface area contributed by atoms with Gasteiger partial charge in [-0.3, -0.25) is 19.2 Å². The molecule has 1 fully saturated rings. The van der Waals surface area contributed by atoms with Crippen molar-refractivity contribution in [2.24, 2.45) is 5.92 Å². The molecule has 1 aliphatic carbocycles. The minimum atomic E-state index is -0.392. The number of anilines is 1. The van der Waals surface area contributed by atoms with Gasteiger partial charge in [-0.2, -0.15) is 0 Å². The zero-order valence-corrected chi connectivity index (χ0v) is 27.4. The molecule has 6 rings (SSSR count). The molecule has 2 aromatic carbocycles. The van der Waals surface area contributed by atoms with E-state index < -0.39 is 6.04 Å². The van der Waals surface area contributed by atoms with Crippen LogP contribution in [0.25, 0.3) is 11.1 Å². The monoisotopic (exact) mass is 642 g/mol. The third kappa shape index (κ3) is 6.31. The molecule has 248 valence electrons. The van der Waals surface area contributed by atoms with Crippen LogP contribution in [0, 0.1) is 5.92 Å². The average molecular weight is 643 g/mol. The topological polar surface area (TPSA) is 128 Å². The summed E-state index contributed by atoms with van der Waals surface area (Å²) in [4.78, 5) is 53.3. The van der Waals surface area contributed by atoms with E-state index in [1.807, 2.05) is 27.7 Å². The Kier molecular flexibility index (Phi) is 9.24. The SMILES string of the molecule is COc1cc2c(c(OC)c1OC)-c1ccc(NCCCC(=O)N3C[C@@H]4C[C@H](C3)c3cccc(=O)n3C4)c(=O)cc1[C@@H](NC(C)=O)CC2. The Bertz CT molecular complexity index is 1820. The van der Waals surface area contributed by atoms with Crippen molar-refractivity contribution in [2.75, 3.05) is 46.3 Å². The highest BCUT2D eigenvalue weighted by atomic mass is 16.5. The number of benzene rings is 1. The summed E-state index contributed by atoms with van der Waals surface area (Å²) in [7, 11) is 4.69. The molecule has 0 radical (unpaired) electrons. The molecule has 3 heterocycles. The maximum absolute atomic E-state index is 13.6. The van der Waals surface area contributed by atoms with Crippen LogP contribution in [0.4, 0.5) is 5.69 Å². The zero-order valence-electron chi connectivity index (χ0n) is 27.4. The average Bonchev–Trinajstić information content (AvgIpc) is 3.30. The smallest absolute Gasteiger partial charge is 0.250 e. The van der Waals surface area contributed by atoms with Crippen LogP contribution in [-0.4, -0.2) is 62.2 Å². The van der Waals surface area contributed by atoms with Gasteiger partial charge in [0, 0.05) is 62.8 Å². The standard InChI is InChI=1S/C36H42N4O7/c1-21(41)38-27-12-10-23-16-31(45-2)35(46-3)36(47-4)34(23)25-11-13-28(30(42)17-26(25)27)37-14-6-9-32(43)39-18-22-15-24(20-39)29-7-5-8-33(44)40(29)19-22/h5,7-8,11,13,16-17,22,24,27H,6,9-10,12,14-15,18-20H2,1-4H3,(H,37,42)(H,38,41)/t22-,24+,27-/m0/s1. The molecule has 3 aliphatic rings. The Balaban J connectivity index is 1.20. The molecule has 11 heteroatoms. The molecule has 2 aliphatic heterocycles. The number of piperidine rings is 1. The second-order valence-corrected chi connectivity index (χ2v) is 12.6. The van der Waals surface area contributed by atoms with Crippen molar-refractivity contribution in [3.8, 4) is 28.4 Å². The summed E-state index contributed by atoms with van der Waals surface area (Å²) >= 11 is 0. The lowest BCUT2D eigenvalue weighted by atomic mass is 9.83. The number of carbonyl (C=O) groups excluding carboxylic acids is 2. The van der Waals surface area contributed by atoms with Gasteiger partial charge in [-0.15, -0.1) is 0 Å². The fourth-order valence-corrected chi connectivity index (χ4v) is 7.57. The quantitative estimate of drug-likeness (QED) is 0.337. The number of pyridine rings is 1. The van der Waals surface area contributed by atoms with Crippen molar-refractivity contribution in [2.45, 2.75) is 57.5 Å². The number of nitrogens with one attached hydrogen (secondary N) is 2. The maximum atomic E-state index is 13.6. The highest BCUT2D eigenvalue weighted by molar-refractivity contribution is 5.84. The number of carbonyl (C=O) groups is 2. The summed E-state index contributed by atoms with van der Waals surface area (Å²) in [6.45, 7) is 3.84. The van der Waals surface area contributed by atoms with Gasteiger partial charge in [0.1, 0.15) is 0 Å². The highest BCUT2D eigenvalue weighted by Gasteiger charge is 2.36. The predicted molar refractivity (Wildman–Crippen MR) is 179 cm³/mol. The Morgan fingerprint density at radius 2 is 1.77 bits per heavy atom. The first-order valence-corrected chi connectivity index (χ1v) is 16.2. The second kappa shape index (κ2) is 13.5. The van der Waals surface area contributed by atoms with E-state index in [1.165, 1.54) is 6.92 Å². The lowest BCUT2D eigenvalue weighted by molar-refractivity contribution is -0.134. The van der Waals surface area contributed by atoms with Crippen molar-refractivity contribution in [3.63, 3.8) is 0 Å². The highest BCUT2D eigenvalue weighted by Crippen LogP contribution is 2.50. The number of aryl methyl sites for hydroxylation is 1. The van der Waals surface area contributed by atoms with E-state index in [1.54, 1.807) is 45.6 Å². The zero-order chi connectivity index (χ0) is 33.2. The van der Waals surface area contributed by atoms with E-state index in [4.69, 9.17) is 14.2 Å². The van der Waals surface area contributed by atoms with Crippen molar-refractivity contribution >= 4 is 17.5 Å². The van der Waals surface area contributed by atoms with Crippen molar-refractivity contribution in [1.29, 1.82) is 0 Å². The van der Waals surface area contributed by atoms with Crippen LogP contribution in [0.2, 0.25) is 0 Å². The van der Waals surface area contributed by atoms with Gasteiger partial charge in [-0.1, -0.05) is 12.1 Å². The first-order valence-electron chi connectivity index (χ1n) is 16.2. The first kappa shape index (κ1) is 32.2. The van der Waals surface area contributed by atoms with Crippen molar-refractivity contribution < 1.29 is 23.8 Å². The summed E-state index contributed by atoms with van der Waals surface area (Å²) < 4.78 is 19.0. The molecule has 0 saturated carbocycles. The third-order valence-electron chi connectivity index (χ3n) is 9.63. The van der Waals surface area contributed by atoms with Crippen molar-refractivity contribution in [1.82, 2.24) is 14.8 Å². The first-order chi connectivity index (χ1) is 22.7. The number of methoxy groups -OCH3 is 3. The van der Waals surface area contributed by atoms with E-state index in [0.29, 0.717) is 80.4 Å². The number of ether oxygens (including phenoxy) is 3. The molecule has 1 saturated heterocycles. The van der Waals surface area contributed by atoms with Crippen LogP contribution in [-0.2, 0) is 22.6 Å². The molecular weight excluding hydrogens is 600 g/mol. The van der Waals surface area contributed by atoms with Crippen LogP contribution < -0.4 is 35.8 Å². The molecule has 2 N–H and O–H groups in total. The van der Waals surface area contributed by atoms with Gasteiger partial charge >= 0.3 is 0 Å². The third-order valence-corrected chi connectivity index (χ3v) is 9.63. The summed E-state index contributed by atoms with van der Waals surface area (Å²) in [5.74, 6) is 1.83. The molecule has 11 nitrogen and oxygen atoms in total. The largest absolute Gasteiger partial charge is 0.493 e. The van der Waals surface area contributed by atoms with E-state index in [0.717, 1.165) is 28.8 Å². The Morgan fingerprint density at radius 3 is 2.51 bits per heavy atom. The number of likely N-dealkylation sites (tertiary alicyclic amines) is 1. The molecule has 3 atom stereocenters. The molecule has 0 spiro atoms. The minimum Gasteiger partial charge on any atom is -0.493 e. The van der Waals surface area contributed by atoms with E-state index >= 15 is 0 Å². The molecule has 2 amide bonds. The fourth-order valence-electron chi connectivity index (χ4n) is 7.57. The van der Waals surface area contributed by atoms with Crippen molar-refractivity contribution in [3.05, 3.63) is 79.9 Å². The number of hydrogen-bond acceptors (Lipinski definition) is 8. The summed E-state index contributed by atoms with van der Waals surface area (Å²) in [6.07, 6.45) is 3.10. The van der Waals surface area contributed by atoms with Gasteiger partial charge in [0.15, 0.2) is 11.5 Å². The number of amides is 2. The van der Waals surface area contributed by atoms with Gasteiger partial charge in [-0.05, 0) is 72.6 Å². The summed E-state index contributed by atoms with van der Waals surface area (Å²) in [6, 6.07) is 12.2. The van der Waals surface area contributed by atoms with Gasteiger partial charge < -0.3 is 34.3 Å². The summed E-state index contributed by atoms with van der Waals surface area (Å²) in [5, 5.41) is 6.28. The number of nitrogens with zero attached hydrogens (tertiary/aromatic N) is 2. The molecule has 47 heavy (non-hydrogen) atoms. The van der Waals surface area contributed by atoms with Crippen LogP contribution in [0.15, 0.2) is 52.1 Å². The van der Waals surface area contributed by atoms with E-state index in [-0.39, 0.29) is 34.6 Å². The van der Waals surface area contributed by atoms with Gasteiger partial charge in [0.2, 0.25) is 23.0 Å². The van der Waals surface area contributed by atoms with Crippen LogP contribution in [0.1, 0.15) is 61.4 Å². The van der Waals surface area contributed by atoms with Crippen LogP contribution in [0.5, 0.6) is 17.2 Å². The van der Waals surface area contributed by atoms with E-state index in [2.05, 4.69) is 10.6 Å². The number of aromatic nitrogens is 1. The molecule has 1 aromatic heterocycles. The van der Waals surface area contributed by atoms with Crippen LogP contribution >= 0.6 is 0 Å². The molecular formula is C36H42N4O7. The number of rotatable bonds is 9. The van der Waals surface area contributed by atoms with Gasteiger partial charge in [-0.25, -0.2) is 0 Å². The van der Waals surface area contributed by atoms with Crippen LogP contribution in [0.3, 0.4) is 0 Å². The molecule has 0 unspecified atom stereocenters. The lowest BCUT2D eigenvalue weighted by Gasteiger charge is -2.42. The van der Waals surface area contributed by atoms with Gasteiger partial charge in [0.05, 0.1) is 33.1 Å². The second-order valence-electron chi connectivity index (χ2n) is 12.6. The maximum Gasteiger partial charge on any atom is 0.250 e. The molecule has 2 bridgehead atoms. The van der Waals surface area contributed by atoms with E-state index in [9.17, 15) is 19.2 Å². The van der Waals surface area contributed by atoms with Gasteiger partial charge in [0.25, 0.3) is 5.56 Å². The summed E-state index contributed by atoms with van der Waals surface area (Å²) in [5.41, 5.74) is 4.43. The Labute approximate surface area is 273 Å². The fraction of sp³-hybridized carbons (Fsp3) is 0.444. The lowest BCUT2D eigenvalue weighted by Crippen LogP contribution is -2.49. The predicted octanol–water partition coefficient (Wildman–Crippen LogP) is 3.86.